The van der Waals surface area contributed by atoms with Crippen LogP contribution < -0.4 is 9.64 Å². The summed E-state index contributed by atoms with van der Waals surface area (Å²) in [5.41, 5.74) is 0.697. The Balaban J connectivity index is 1.59. The molecule has 2 aliphatic rings. The molecular weight excluding hydrogens is 382 g/mol. The molecule has 1 aromatic carbocycles. The first-order valence-electron chi connectivity index (χ1n) is 9.84. The van der Waals surface area contributed by atoms with E-state index in [2.05, 4.69) is 6.92 Å². The van der Waals surface area contributed by atoms with E-state index in [-0.39, 0.29) is 17.4 Å². The maximum atomic E-state index is 12.7. The number of sulfonamides is 1. The smallest absolute Gasteiger partial charge is 0.260 e. The van der Waals surface area contributed by atoms with E-state index in [9.17, 15) is 13.2 Å². The molecule has 1 amide bonds. The van der Waals surface area contributed by atoms with Gasteiger partial charge in [-0.15, -0.1) is 0 Å². The third-order valence-corrected chi connectivity index (χ3v) is 7.32. The van der Waals surface area contributed by atoms with Gasteiger partial charge < -0.3 is 19.3 Å². The molecule has 0 unspecified atom stereocenters. The SMILES string of the molecule is CC[NH+]1CCN(C(=O)COc2ccc(S(=O)(=O)N3CCOCC3)cc2C)CC1. The zero-order valence-electron chi connectivity index (χ0n) is 16.6. The Morgan fingerprint density at radius 1 is 1.18 bits per heavy atom. The van der Waals surface area contributed by atoms with Crippen molar-refractivity contribution in [3.63, 3.8) is 0 Å². The molecule has 8 nitrogen and oxygen atoms in total. The predicted molar refractivity (Wildman–Crippen MR) is 104 cm³/mol. The van der Waals surface area contributed by atoms with Crippen LogP contribution in [0.2, 0.25) is 0 Å². The number of piperazine rings is 1. The van der Waals surface area contributed by atoms with Crippen LogP contribution in [0, 0.1) is 6.92 Å². The summed E-state index contributed by atoms with van der Waals surface area (Å²) in [5, 5.41) is 0. The topological polar surface area (TPSA) is 80.6 Å². The van der Waals surface area contributed by atoms with Crippen molar-refractivity contribution in [2.24, 2.45) is 0 Å². The molecule has 1 aromatic rings. The van der Waals surface area contributed by atoms with E-state index in [1.54, 1.807) is 25.1 Å². The molecule has 9 heteroatoms. The van der Waals surface area contributed by atoms with Crippen LogP contribution in [0.4, 0.5) is 0 Å². The van der Waals surface area contributed by atoms with E-state index in [1.165, 1.54) is 9.21 Å². The third kappa shape index (κ3) is 4.83. The van der Waals surface area contributed by atoms with Gasteiger partial charge in [0.25, 0.3) is 5.91 Å². The van der Waals surface area contributed by atoms with E-state index in [0.717, 1.165) is 32.7 Å². The fraction of sp³-hybridized carbons (Fsp3) is 0.632. The van der Waals surface area contributed by atoms with Gasteiger partial charge in [0.1, 0.15) is 5.75 Å². The number of aryl methyl sites for hydroxylation is 1. The number of ether oxygens (including phenoxy) is 2. The Morgan fingerprint density at radius 2 is 1.86 bits per heavy atom. The Labute approximate surface area is 167 Å². The molecule has 3 rings (SSSR count). The second-order valence-electron chi connectivity index (χ2n) is 7.22. The summed E-state index contributed by atoms with van der Waals surface area (Å²) in [5.74, 6) is 0.506. The molecule has 2 aliphatic heterocycles. The number of carbonyl (C=O) groups excluding carboxylic acids is 1. The van der Waals surface area contributed by atoms with E-state index in [1.807, 2.05) is 4.90 Å². The number of amides is 1. The molecule has 156 valence electrons. The lowest BCUT2D eigenvalue weighted by atomic mass is 10.2. The fourth-order valence-corrected chi connectivity index (χ4v) is 5.03. The van der Waals surface area contributed by atoms with Gasteiger partial charge in [0.2, 0.25) is 10.0 Å². The van der Waals surface area contributed by atoms with Crippen LogP contribution in [0.25, 0.3) is 0 Å². The van der Waals surface area contributed by atoms with Crippen LogP contribution in [-0.4, -0.2) is 89.2 Å². The minimum absolute atomic E-state index is 0.0282. The number of hydrogen-bond acceptors (Lipinski definition) is 5. The van der Waals surface area contributed by atoms with E-state index in [4.69, 9.17) is 9.47 Å². The molecule has 0 atom stereocenters. The van der Waals surface area contributed by atoms with Crippen molar-refractivity contribution in [2.45, 2.75) is 18.7 Å². The van der Waals surface area contributed by atoms with Gasteiger partial charge in [-0.2, -0.15) is 4.31 Å². The molecule has 2 saturated heterocycles. The summed E-state index contributed by atoms with van der Waals surface area (Å²) in [6.07, 6.45) is 0. The van der Waals surface area contributed by atoms with Crippen LogP contribution in [0.3, 0.4) is 0 Å². The molecule has 0 radical (unpaired) electrons. The molecule has 1 N–H and O–H groups in total. The minimum Gasteiger partial charge on any atom is -0.483 e. The minimum atomic E-state index is -3.54. The van der Waals surface area contributed by atoms with Gasteiger partial charge in [-0.3, -0.25) is 4.79 Å². The molecule has 0 spiro atoms. The fourth-order valence-electron chi connectivity index (χ4n) is 3.54. The highest BCUT2D eigenvalue weighted by atomic mass is 32.2. The van der Waals surface area contributed by atoms with E-state index < -0.39 is 10.0 Å². The molecule has 0 aromatic heterocycles. The molecule has 0 saturated carbocycles. The van der Waals surface area contributed by atoms with Gasteiger partial charge in [0.05, 0.1) is 50.8 Å². The molecule has 2 fully saturated rings. The molecule has 0 bridgehead atoms. The molecule has 2 heterocycles. The van der Waals surface area contributed by atoms with Crippen molar-refractivity contribution >= 4 is 15.9 Å². The third-order valence-electron chi connectivity index (χ3n) is 5.43. The predicted octanol–water partition coefficient (Wildman–Crippen LogP) is -0.858. The first-order chi connectivity index (χ1) is 13.4. The largest absolute Gasteiger partial charge is 0.483 e. The molecular formula is C19H30N3O5S+. The number of quaternary nitrogens is 1. The molecule has 0 aliphatic carbocycles. The Morgan fingerprint density at radius 3 is 2.46 bits per heavy atom. The lowest BCUT2D eigenvalue weighted by Gasteiger charge is -2.31. The standard InChI is InChI=1S/C19H29N3O5S/c1-3-20-6-8-21(9-7-20)19(23)15-27-18-5-4-17(14-16(18)2)28(24,25)22-10-12-26-13-11-22/h4-5,14H,3,6-13,15H2,1-2H3/p+1. The monoisotopic (exact) mass is 412 g/mol. The van der Waals surface area contributed by atoms with Crippen LogP contribution in [-0.2, 0) is 19.6 Å². The first-order valence-corrected chi connectivity index (χ1v) is 11.3. The number of morpholine rings is 1. The van der Waals surface area contributed by atoms with Crippen molar-refractivity contribution in [1.82, 2.24) is 9.21 Å². The number of benzene rings is 1. The summed E-state index contributed by atoms with van der Waals surface area (Å²) >= 11 is 0. The summed E-state index contributed by atoms with van der Waals surface area (Å²) in [7, 11) is -3.54. The van der Waals surface area contributed by atoms with Crippen LogP contribution in [0.1, 0.15) is 12.5 Å². The summed E-state index contributed by atoms with van der Waals surface area (Å²) in [6, 6.07) is 4.78. The highest BCUT2D eigenvalue weighted by Crippen LogP contribution is 2.24. The Hall–Kier alpha value is -1.68. The van der Waals surface area contributed by atoms with Gasteiger partial charge >= 0.3 is 0 Å². The first kappa shape index (κ1) is 21.0. The van der Waals surface area contributed by atoms with Crippen LogP contribution in [0.15, 0.2) is 23.1 Å². The van der Waals surface area contributed by atoms with Crippen molar-refractivity contribution < 1.29 is 27.6 Å². The van der Waals surface area contributed by atoms with Gasteiger partial charge in [-0.25, -0.2) is 8.42 Å². The quantitative estimate of drug-likeness (QED) is 0.658. The Bertz CT molecular complexity index is 785. The average Bonchev–Trinajstić information content (AvgIpc) is 2.73. The lowest BCUT2D eigenvalue weighted by molar-refractivity contribution is -0.902. The number of carbonyl (C=O) groups is 1. The average molecular weight is 413 g/mol. The number of nitrogens with one attached hydrogen (secondary N) is 1. The highest BCUT2D eigenvalue weighted by Gasteiger charge is 2.27. The van der Waals surface area contributed by atoms with Crippen molar-refractivity contribution in [1.29, 1.82) is 0 Å². The van der Waals surface area contributed by atoms with Crippen molar-refractivity contribution in [3.05, 3.63) is 23.8 Å². The number of nitrogens with zero attached hydrogens (tertiary/aromatic N) is 2. The second-order valence-corrected chi connectivity index (χ2v) is 9.15. The zero-order valence-corrected chi connectivity index (χ0v) is 17.5. The van der Waals surface area contributed by atoms with E-state index in [0.29, 0.717) is 37.6 Å². The maximum Gasteiger partial charge on any atom is 0.260 e. The Kier molecular flexibility index (Phi) is 6.92. The van der Waals surface area contributed by atoms with Gasteiger partial charge in [-0.05, 0) is 37.6 Å². The molecule has 28 heavy (non-hydrogen) atoms. The number of rotatable bonds is 6. The van der Waals surface area contributed by atoms with Crippen LogP contribution >= 0.6 is 0 Å². The van der Waals surface area contributed by atoms with Crippen molar-refractivity contribution in [2.75, 3.05) is 65.6 Å². The van der Waals surface area contributed by atoms with Gasteiger partial charge in [0.15, 0.2) is 6.61 Å². The zero-order chi connectivity index (χ0) is 20.1. The van der Waals surface area contributed by atoms with Crippen LogP contribution in [0.5, 0.6) is 5.75 Å². The summed E-state index contributed by atoms with van der Waals surface area (Å²) in [4.78, 5) is 16.0. The van der Waals surface area contributed by atoms with Crippen molar-refractivity contribution in [3.8, 4) is 5.75 Å². The highest BCUT2D eigenvalue weighted by molar-refractivity contribution is 7.89. The van der Waals surface area contributed by atoms with Gasteiger partial charge in [0, 0.05) is 13.1 Å². The van der Waals surface area contributed by atoms with E-state index >= 15 is 0 Å². The summed E-state index contributed by atoms with van der Waals surface area (Å²) < 4.78 is 37.8. The second kappa shape index (κ2) is 9.21. The number of hydrogen-bond donors (Lipinski definition) is 1. The normalized spacial score (nSPS) is 19.6. The number of likely N-dealkylation sites (N-methyl/N-ethyl adjacent to an activating group) is 1. The van der Waals surface area contributed by atoms with Gasteiger partial charge in [-0.1, -0.05) is 0 Å². The maximum absolute atomic E-state index is 12.7. The summed E-state index contributed by atoms with van der Waals surface area (Å²) in [6.45, 7) is 9.98. The lowest BCUT2D eigenvalue weighted by Crippen LogP contribution is -3.14.